The van der Waals surface area contributed by atoms with Gasteiger partial charge in [0, 0.05) is 11.6 Å². The minimum absolute atomic E-state index is 0.559. The maximum atomic E-state index is 5.56. The molecule has 1 aromatic rings. The van der Waals surface area contributed by atoms with Gasteiger partial charge in [-0.3, -0.25) is 0 Å². The van der Waals surface area contributed by atoms with Crippen LogP contribution in [0, 0.1) is 6.92 Å². The minimum atomic E-state index is 0.559. The third kappa shape index (κ3) is 2.64. The monoisotopic (exact) mass is 313 g/mol. The molecule has 0 amide bonds. The van der Waals surface area contributed by atoms with Crippen molar-refractivity contribution in [1.29, 1.82) is 0 Å². The van der Waals surface area contributed by atoms with Crippen LogP contribution in [0.3, 0.4) is 0 Å². The van der Waals surface area contributed by atoms with Gasteiger partial charge < -0.3 is 14.8 Å². The van der Waals surface area contributed by atoms with Gasteiger partial charge >= 0.3 is 0 Å². The van der Waals surface area contributed by atoms with Crippen LogP contribution in [-0.2, 0) is 6.42 Å². The van der Waals surface area contributed by atoms with E-state index in [1.807, 2.05) is 0 Å². The van der Waals surface area contributed by atoms with E-state index in [0.717, 1.165) is 28.9 Å². The van der Waals surface area contributed by atoms with Crippen molar-refractivity contribution in [2.75, 3.05) is 20.8 Å². The van der Waals surface area contributed by atoms with E-state index in [-0.39, 0.29) is 0 Å². The van der Waals surface area contributed by atoms with Crippen molar-refractivity contribution in [3.05, 3.63) is 21.7 Å². The summed E-state index contributed by atoms with van der Waals surface area (Å²) in [6.07, 6.45) is 3.50. The summed E-state index contributed by atoms with van der Waals surface area (Å²) in [5.41, 5.74) is 2.49. The Labute approximate surface area is 117 Å². The van der Waals surface area contributed by atoms with E-state index in [9.17, 15) is 0 Å². The molecule has 0 radical (unpaired) electrons. The number of hydrogen-bond acceptors (Lipinski definition) is 3. The Morgan fingerprint density at radius 1 is 1.33 bits per heavy atom. The predicted molar refractivity (Wildman–Crippen MR) is 76.7 cm³/mol. The largest absolute Gasteiger partial charge is 0.493 e. The Balaban J connectivity index is 2.37. The summed E-state index contributed by atoms with van der Waals surface area (Å²) < 4.78 is 11.9. The molecule has 1 saturated heterocycles. The molecule has 0 bridgehead atoms. The highest BCUT2D eigenvalue weighted by atomic mass is 79.9. The summed E-state index contributed by atoms with van der Waals surface area (Å²) in [5, 5.41) is 3.53. The molecular formula is C14H20BrNO2. The first-order chi connectivity index (χ1) is 8.67. The zero-order chi connectivity index (χ0) is 13.1. The van der Waals surface area contributed by atoms with Gasteiger partial charge in [-0.15, -0.1) is 0 Å². The number of rotatable bonds is 4. The highest BCUT2D eigenvalue weighted by Gasteiger charge is 2.21. The molecule has 0 saturated carbocycles. The Morgan fingerprint density at radius 3 is 2.61 bits per heavy atom. The van der Waals surface area contributed by atoms with E-state index < -0.39 is 0 Å². The predicted octanol–water partition coefficient (Wildman–Crippen LogP) is 3.07. The number of ether oxygens (including phenoxy) is 2. The normalized spacial score (nSPS) is 19.0. The average Bonchev–Trinajstić information content (AvgIpc) is 2.84. The van der Waals surface area contributed by atoms with Gasteiger partial charge in [-0.2, -0.15) is 0 Å². The van der Waals surface area contributed by atoms with Crippen molar-refractivity contribution in [2.45, 2.75) is 32.2 Å². The van der Waals surface area contributed by atoms with E-state index in [0.29, 0.717) is 6.04 Å². The Bertz CT molecular complexity index is 428. The molecule has 1 aromatic carbocycles. The van der Waals surface area contributed by atoms with Crippen LogP contribution in [0.15, 0.2) is 10.5 Å². The number of hydrogen-bond donors (Lipinski definition) is 1. The van der Waals surface area contributed by atoms with Gasteiger partial charge in [-0.25, -0.2) is 0 Å². The smallest absolute Gasteiger partial charge is 0.175 e. The first-order valence-corrected chi connectivity index (χ1v) is 7.10. The van der Waals surface area contributed by atoms with Crippen LogP contribution in [0.5, 0.6) is 11.5 Å². The second-order valence-electron chi connectivity index (χ2n) is 4.72. The first kappa shape index (κ1) is 13.7. The molecule has 1 unspecified atom stereocenters. The molecule has 1 heterocycles. The summed E-state index contributed by atoms with van der Waals surface area (Å²) >= 11 is 3.53. The molecule has 100 valence electrons. The van der Waals surface area contributed by atoms with Gasteiger partial charge in [0.15, 0.2) is 11.5 Å². The van der Waals surface area contributed by atoms with Crippen molar-refractivity contribution >= 4 is 15.9 Å². The van der Waals surface area contributed by atoms with Gasteiger partial charge in [0.2, 0.25) is 0 Å². The molecule has 1 aliphatic heterocycles. The molecule has 1 aliphatic rings. The van der Waals surface area contributed by atoms with Gasteiger partial charge in [-0.05, 0) is 60.3 Å². The highest BCUT2D eigenvalue weighted by molar-refractivity contribution is 9.10. The topological polar surface area (TPSA) is 30.5 Å². The number of benzene rings is 1. The van der Waals surface area contributed by atoms with Crippen LogP contribution in [-0.4, -0.2) is 26.8 Å². The Kier molecular flexibility index (Phi) is 4.51. The molecule has 1 N–H and O–H groups in total. The van der Waals surface area contributed by atoms with Gasteiger partial charge in [0.25, 0.3) is 0 Å². The van der Waals surface area contributed by atoms with Crippen LogP contribution in [0.4, 0.5) is 0 Å². The second-order valence-corrected chi connectivity index (χ2v) is 5.57. The van der Waals surface area contributed by atoms with Crippen molar-refractivity contribution < 1.29 is 9.47 Å². The zero-order valence-corrected chi connectivity index (χ0v) is 12.8. The number of nitrogens with one attached hydrogen (secondary N) is 1. The van der Waals surface area contributed by atoms with Gasteiger partial charge in [0.1, 0.15) is 0 Å². The number of aryl methyl sites for hydroxylation is 1. The summed E-state index contributed by atoms with van der Waals surface area (Å²) in [6.45, 7) is 3.25. The van der Waals surface area contributed by atoms with Crippen molar-refractivity contribution in [3.63, 3.8) is 0 Å². The lowest BCUT2D eigenvalue weighted by Gasteiger charge is -2.19. The van der Waals surface area contributed by atoms with E-state index in [2.05, 4.69) is 34.2 Å². The van der Waals surface area contributed by atoms with E-state index in [4.69, 9.17) is 9.47 Å². The quantitative estimate of drug-likeness (QED) is 0.926. The Morgan fingerprint density at radius 2 is 2.06 bits per heavy atom. The fraction of sp³-hybridized carbons (Fsp3) is 0.571. The molecule has 18 heavy (non-hydrogen) atoms. The maximum absolute atomic E-state index is 5.56. The van der Waals surface area contributed by atoms with Crippen LogP contribution in [0.2, 0.25) is 0 Å². The van der Waals surface area contributed by atoms with Crippen molar-refractivity contribution in [3.8, 4) is 11.5 Å². The summed E-state index contributed by atoms with van der Waals surface area (Å²) in [4.78, 5) is 0. The highest BCUT2D eigenvalue weighted by Crippen LogP contribution is 2.40. The standard InChI is InChI=1S/C14H20BrNO2/c1-9-7-12(15)14(18-3)13(17-2)11(9)8-10-5-4-6-16-10/h7,10,16H,4-6,8H2,1-3H3. The lowest BCUT2D eigenvalue weighted by atomic mass is 9.98. The molecule has 0 spiro atoms. The summed E-state index contributed by atoms with van der Waals surface area (Å²) in [5.74, 6) is 1.65. The minimum Gasteiger partial charge on any atom is -0.493 e. The van der Waals surface area contributed by atoms with Crippen LogP contribution in [0.1, 0.15) is 24.0 Å². The van der Waals surface area contributed by atoms with E-state index >= 15 is 0 Å². The molecule has 1 atom stereocenters. The average molecular weight is 314 g/mol. The third-order valence-electron chi connectivity index (χ3n) is 3.54. The van der Waals surface area contributed by atoms with Crippen molar-refractivity contribution in [2.24, 2.45) is 0 Å². The summed E-state index contributed by atoms with van der Waals surface area (Å²) in [7, 11) is 3.38. The fourth-order valence-electron chi connectivity index (χ4n) is 2.60. The molecule has 0 aromatic heterocycles. The van der Waals surface area contributed by atoms with Crippen LogP contribution >= 0.6 is 15.9 Å². The number of methoxy groups -OCH3 is 2. The lowest BCUT2D eigenvalue weighted by molar-refractivity contribution is 0.348. The third-order valence-corrected chi connectivity index (χ3v) is 4.13. The lowest BCUT2D eigenvalue weighted by Crippen LogP contribution is -2.24. The first-order valence-electron chi connectivity index (χ1n) is 6.30. The number of halogens is 1. The SMILES string of the molecule is COc1c(Br)cc(C)c(CC2CCCN2)c1OC. The fourth-order valence-corrected chi connectivity index (χ4v) is 3.29. The molecule has 3 nitrogen and oxygen atoms in total. The Hall–Kier alpha value is -0.740. The van der Waals surface area contributed by atoms with Crippen LogP contribution < -0.4 is 14.8 Å². The van der Waals surface area contributed by atoms with E-state index in [1.165, 1.54) is 24.0 Å². The van der Waals surface area contributed by atoms with Crippen LogP contribution in [0.25, 0.3) is 0 Å². The molecule has 2 rings (SSSR count). The molecule has 1 fully saturated rings. The molecule has 0 aliphatic carbocycles. The zero-order valence-electron chi connectivity index (χ0n) is 11.2. The molecular weight excluding hydrogens is 294 g/mol. The van der Waals surface area contributed by atoms with Gasteiger partial charge in [-0.1, -0.05) is 0 Å². The second kappa shape index (κ2) is 5.93. The van der Waals surface area contributed by atoms with Gasteiger partial charge in [0.05, 0.1) is 18.7 Å². The maximum Gasteiger partial charge on any atom is 0.175 e. The molecule has 4 heteroatoms. The van der Waals surface area contributed by atoms with E-state index in [1.54, 1.807) is 14.2 Å². The summed E-state index contributed by atoms with van der Waals surface area (Å²) in [6, 6.07) is 2.66. The van der Waals surface area contributed by atoms with Crippen molar-refractivity contribution in [1.82, 2.24) is 5.32 Å².